The number of anilines is 2. The second kappa shape index (κ2) is 4.95. The van der Waals surface area contributed by atoms with Crippen LogP contribution in [0.15, 0.2) is 36.7 Å². The lowest BCUT2D eigenvalue weighted by Crippen LogP contribution is -1.97. The zero-order chi connectivity index (χ0) is 12.3. The van der Waals surface area contributed by atoms with Gasteiger partial charge in [0.1, 0.15) is 0 Å². The van der Waals surface area contributed by atoms with Crippen LogP contribution in [0.25, 0.3) is 0 Å². The van der Waals surface area contributed by atoms with E-state index in [1.165, 1.54) is 5.56 Å². The minimum atomic E-state index is 0.524. The van der Waals surface area contributed by atoms with Crippen LogP contribution in [0, 0.1) is 6.92 Å². The maximum absolute atomic E-state index is 4.23. The lowest BCUT2D eigenvalue weighted by molar-refractivity contribution is 0.867. The standard InChI is InChI=1S/C14H17N3/c1-10(2)12-5-4-6-13(7-12)17-14-15-8-11(3)9-16-14/h4-10H,1-3H3,(H,15,16,17). The Balaban J connectivity index is 2.18. The number of hydrogen-bond donors (Lipinski definition) is 1. The van der Waals surface area contributed by atoms with Gasteiger partial charge in [-0.25, -0.2) is 9.97 Å². The van der Waals surface area contributed by atoms with Gasteiger partial charge in [0, 0.05) is 18.1 Å². The van der Waals surface area contributed by atoms with Crippen molar-refractivity contribution in [3.8, 4) is 0 Å². The topological polar surface area (TPSA) is 37.8 Å². The van der Waals surface area contributed by atoms with Crippen LogP contribution in [0.1, 0.15) is 30.9 Å². The molecule has 0 bridgehead atoms. The van der Waals surface area contributed by atoms with Gasteiger partial charge in [-0.1, -0.05) is 26.0 Å². The Labute approximate surface area is 102 Å². The van der Waals surface area contributed by atoms with Crippen molar-refractivity contribution in [1.82, 2.24) is 9.97 Å². The first-order valence-electron chi connectivity index (χ1n) is 5.81. The van der Waals surface area contributed by atoms with E-state index in [1.807, 2.05) is 31.5 Å². The molecule has 0 radical (unpaired) electrons. The number of rotatable bonds is 3. The minimum absolute atomic E-state index is 0.524. The maximum atomic E-state index is 4.23. The Morgan fingerprint density at radius 2 is 1.82 bits per heavy atom. The van der Waals surface area contributed by atoms with Gasteiger partial charge in [0.15, 0.2) is 0 Å². The average molecular weight is 227 g/mol. The Kier molecular flexibility index (Phi) is 3.38. The summed E-state index contributed by atoms with van der Waals surface area (Å²) in [5.41, 5.74) is 3.40. The highest BCUT2D eigenvalue weighted by atomic mass is 15.1. The van der Waals surface area contributed by atoms with Crippen molar-refractivity contribution < 1.29 is 0 Å². The number of benzene rings is 1. The SMILES string of the molecule is Cc1cnc(Nc2cccc(C(C)C)c2)nc1. The molecule has 2 aromatic rings. The molecule has 0 aliphatic carbocycles. The van der Waals surface area contributed by atoms with Crippen molar-refractivity contribution in [2.75, 3.05) is 5.32 Å². The predicted octanol–water partition coefficient (Wildman–Crippen LogP) is 3.65. The van der Waals surface area contributed by atoms with Crippen LogP contribution in [-0.2, 0) is 0 Å². The summed E-state index contributed by atoms with van der Waals surface area (Å²) < 4.78 is 0. The van der Waals surface area contributed by atoms with Crippen LogP contribution in [-0.4, -0.2) is 9.97 Å². The summed E-state index contributed by atoms with van der Waals surface area (Å²) in [4.78, 5) is 8.45. The smallest absolute Gasteiger partial charge is 0.227 e. The molecule has 1 aromatic carbocycles. The quantitative estimate of drug-likeness (QED) is 0.869. The maximum Gasteiger partial charge on any atom is 0.227 e. The van der Waals surface area contributed by atoms with Crippen LogP contribution >= 0.6 is 0 Å². The molecule has 0 fully saturated rings. The van der Waals surface area contributed by atoms with Gasteiger partial charge < -0.3 is 5.32 Å². The highest BCUT2D eigenvalue weighted by Crippen LogP contribution is 2.20. The largest absolute Gasteiger partial charge is 0.324 e. The number of aromatic nitrogens is 2. The summed E-state index contributed by atoms with van der Waals surface area (Å²) in [6.07, 6.45) is 3.61. The molecule has 0 saturated heterocycles. The Bertz CT molecular complexity index is 489. The zero-order valence-corrected chi connectivity index (χ0v) is 10.4. The van der Waals surface area contributed by atoms with Crippen molar-refractivity contribution in [3.63, 3.8) is 0 Å². The molecule has 0 unspecified atom stereocenters. The van der Waals surface area contributed by atoms with Gasteiger partial charge in [-0.2, -0.15) is 0 Å². The second-order valence-corrected chi connectivity index (χ2v) is 4.49. The number of nitrogens with one attached hydrogen (secondary N) is 1. The number of nitrogens with zero attached hydrogens (tertiary/aromatic N) is 2. The highest BCUT2D eigenvalue weighted by Gasteiger charge is 2.01. The first kappa shape index (κ1) is 11.6. The fraction of sp³-hybridized carbons (Fsp3) is 0.286. The molecule has 17 heavy (non-hydrogen) atoms. The van der Waals surface area contributed by atoms with E-state index in [1.54, 1.807) is 0 Å². The highest BCUT2D eigenvalue weighted by molar-refractivity contribution is 5.54. The van der Waals surface area contributed by atoms with E-state index in [9.17, 15) is 0 Å². The van der Waals surface area contributed by atoms with Gasteiger partial charge >= 0.3 is 0 Å². The molecule has 0 atom stereocenters. The lowest BCUT2D eigenvalue weighted by atomic mass is 10.0. The van der Waals surface area contributed by atoms with Crippen molar-refractivity contribution in [3.05, 3.63) is 47.8 Å². The molecule has 88 valence electrons. The average Bonchev–Trinajstić information content (AvgIpc) is 2.32. The fourth-order valence-electron chi connectivity index (χ4n) is 1.56. The minimum Gasteiger partial charge on any atom is -0.324 e. The monoisotopic (exact) mass is 227 g/mol. The molecule has 1 N–H and O–H groups in total. The van der Waals surface area contributed by atoms with E-state index in [0.29, 0.717) is 11.9 Å². The van der Waals surface area contributed by atoms with Crippen LogP contribution in [0.4, 0.5) is 11.6 Å². The molecule has 1 aromatic heterocycles. The van der Waals surface area contributed by atoms with Crippen molar-refractivity contribution in [2.24, 2.45) is 0 Å². The molecule has 3 nitrogen and oxygen atoms in total. The third-order valence-electron chi connectivity index (χ3n) is 2.59. The summed E-state index contributed by atoms with van der Waals surface area (Å²) >= 11 is 0. The Hall–Kier alpha value is -1.90. The number of aryl methyl sites for hydroxylation is 1. The van der Waals surface area contributed by atoms with E-state index < -0.39 is 0 Å². The molecular formula is C14H17N3. The third-order valence-corrected chi connectivity index (χ3v) is 2.59. The summed E-state index contributed by atoms with van der Waals surface area (Å²) in [5.74, 6) is 1.16. The molecule has 0 spiro atoms. The van der Waals surface area contributed by atoms with Crippen LogP contribution in [0.3, 0.4) is 0 Å². The van der Waals surface area contributed by atoms with Crippen molar-refractivity contribution in [1.29, 1.82) is 0 Å². The molecule has 0 aliphatic heterocycles. The first-order valence-corrected chi connectivity index (χ1v) is 5.81. The zero-order valence-electron chi connectivity index (χ0n) is 10.4. The van der Waals surface area contributed by atoms with Gasteiger partial charge in [0.25, 0.3) is 0 Å². The van der Waals surface area contributed by atoms with E-state index in [2.05, 4.69) is 41.3 Å². The van der Waals surface area contributed by atoms with Crippen LogP contribution < -0.4 is 5.32 Å². The van der Waals surface area contributed by atoms with Crippen molar-refractivity contribution in [2.45, 2.75) is 26.7 Å². The lowest BCUT2D eigenvalue weighted by Gasteiger charge is -2.09. The molecule has 3 heteroatoms. The summed E-state index contributed by atoms with van der Waals surface area (Å²) in [5, 5.41) is 3.20. The normalized spacial score (nSPS) is 10.6. The summed E-state index contributed by atoms with van der Waals surface area (Å²) in [6, 6.07) is 8.33. The predicted molar refractivity (Wildman–Crippen MR) is 70.6 cm³/mol. The molecule has 0 aliphatic rings. The van der Waals surface area contributed by atoms with E-state index in [4.69, 9.17) is 0 Å². The summed E-state index contributed by atoms with van der Waals surface area (Å²) in [7, 11) is 0. The Morgan fingerprint density at radius 3 is 2.47 bits per heavy atom. The van der Waals surface area contributed by atoms with Crippen LogP contribution in [0.5, 0.6) is 0 Å². The van der Waals surface area contributed by atoms with E-state index >= 15 is 0 Å². The fourth-order valence-corrected chi connectivity index (χ4v) is 1.56. The van der Waals surface area contributed by atoms with Crippen LogP contribution in [0.2, 0.25) is 0 Å². The van der Waals surface area contributed by atoms with Gasteiger partial charge in [0.2, 0.25) is 5.95 Å². The molecule has 0 saturated carbocycles. The van der Waals surface area contributed by atoms with Gasteiger partial charge in [-0.15, -0.1) is 0 Å². The Morgan fingerprint density at radius 1 is 1.12 bits per heavy atom. The molecule has 2 rings (SSSR count). The van der Waals surface area contributed by atoms with Gasteiger partial charge in [0.05, 0.1) is 0 Å². The second-order valence-electron chi connectivity index (χ2n) is 4.49. The first-order chi connectivity index (χ1) is 8.15. The third kappa shape index (κ3) is 3.03. The molecule has 0 amide bonds. The van der Waals surface area contributed by atoms with E-state index in [0.717, 1.165) is 11.3 Å². The van der Waals surface area contributed by atoms with Gasteiger partial charge in [-0.05, 0) is 36.1 Å². The van der Waals surface area contributed by atoms with E-state index in [-0.39, 0.29) is 0 Å². The molecule has 1 heterocycles. The van der Waals surface area contributed by atoms with Gasteiger partial charge in [-0.3, -0.25) is 0 Å². The summed E-state index contributed by atoms with van der Waals surface area (Å²) in [6.45, 7) is 6.34. The number of hydrogen-bond acceptors (Lipinski definition) is 3. The van der Waals surface area contributed by atoms with Crippen molar-refractivity contribution >= 4 is 11.6 Å². The molecular weight excluding hydrogens is 210 g/mol.